The van der Waals surface area contributed by atoms with E-state index >= 15 is 0 Å². The number of carboxylic acid groups (broad SMARTS) is 2. The highest BCUT2D eigenvalue weighted by Crippen LogP contribution is 2.61. The first-order valence-corrected chi connectivity index (χ1v) is 8.08. The Labute approximate surface area is 129 Å². The molecule has 0 aliphatic heterocycles. The lowest BCUT2D eigenvalue weighted by Crippen LogP contribution is -2.49. The van der Waals surface area contributed by atoms with Crippen LogP contribution in [-0.4, -0.2) is 22.2 Å². The van der Waals surface area contributed by atoms with Gasteiger partial charge in [-0.15, -0.1) is 0 Å². The van der Waals surface area contributed by atoms with Gasteiger partial charge in [-0.25, -0.2) is 9.59 Å². The molecular formula is C18H20O4. The van der Waals surface area contributed by atoms with E-state index in [1.165, 1.54) is 25.3 Å². The standard InChI is InChI=1S/C18H20O4/c19-16(20)13-1-2-15(14(6-13)17(21)22)18-7-10-3-11(8-18)5-12(4-10)9-18/h1-2,6,10-12H,3-5,7-9H2,(H,19,20)(H,21,22). The van der Waals surface area contributed by atoms with Crippen LogP contribution in [0.15, 0.2) is 18.2 Å². The van der Waals surface area contributed by atoms with Gasteiger partial charge in [-0.2, -0.15) is 0 Å². The van der Waals surface area contributed by atoms with Gasteiger partial charge in [-0.05, 0) is 79.4 Å². The van der Waals surface area contributed by atoms with Gasteiger partial charge < -0.3 is 10.2 Å². The lowest BCUT2D eigenvalue weighted by molar-refractivity contribution is -0.00584. The van der Waals surface area contributed by atoms with E-state index in [-0.39, 0.29) is 16.5 Å². The van der Waals surface area contributed by atoms with Gasteiger partial charge in [0.1, 0.15) is 0 Å². The van der Waals surface area contributed by atoms with E-state index in [1.807, 2.05) is 0 Å². The highest BCUT2D eigenvalue weighted by Gasteiger charge is 2.52. The molecule has 4 nitrogen and oxygen atoms in total. The van der Waals surface area contributed by atoms with E-state index in [0.29, 0.717) is 0 Å². The first kappa shape index (κ1) is 13.8. The maximum Gasteiger partial charge on any atom is 0.336 e. The zero-order valence-corrected chi connectivity index (χ0v) is 12.4. The lowest BCUT2D eigenvalue weighted by Gasteiger charge is -2.57. The minimum absolute atomic E-state index is 0.0283. The fourth-order valence-electron chi connectivity index (χ4n) is 5.76. The summed E-state index contributed by atoms with van der Waals surface area (Å²) in [4.78, 5) is 22.8. The number of hydrogen-bond acceptors (Lipinski definition) is 2. The second-order valence-corrected chi connectivity index (χ2v) is 7.57. The fourth-order valence-corrected chi connectivity index (χ4v) is 5.76. The topological polar surface area (TPSA) is 74.6 Å². The van der Waals surface area contributed by atoms with Crippen molar-refractivity contribution in [3.05, 3.63) is 34.9 Å². The van der Waals surface area contributed by atoms with Crippen LogP contribution in [0.25, 0.3) is 0 Å². The molecule has 0 heterocycles. The molecule has 0 unspecified atom stereocenters. The van der Waals surface area contributed by atoms with Gasteiger partial charge in [-0.1, -0.05) is 6.07 Å². The zero-order valence-electron chi connectivity index (χ0n) is 12.4. The molecule has 4 heteroatoms. The SMILES string of the molecule is O=C(O)c1ccc(C23CC4CC(CC(C4)C2)C3)c(C(=O)O)c1. The number of benzene rings is 1. The minimum atomic E-state index is -1.07. The predicted octanol–water partition coefficient (Wildman–Crippen LogP) is 3.55. The van der Waals surface area contributed by atoms with E-state index in [4.69, 9.17) is 5.11 Å². The largest absolute Gasteiger partial charge is 0.478 e. The van der Waals surface area contributed by atoms with E-state index in [9.17, 15) is 14.7 Å². The first-order chi connectivity index (χ1) is 10.5. The Bertz CT molecular complexity index is 626. The number of aromatic carboxylic acids is 2. The van der Waals surface area contributed by atoms with Crippen molar-refractivity contribution < 1.29 is 19.8 Å². The van der Waals surface area contributed by atoms with Crippen LogP contribution in [0.4, 0.5) is 0 Å². The van der Waals surface area contributed by atoms with Gasteiger partial charge in [0.05, 0.1) is 11.1 Å². The Hall–Kier alpha value is -1.84. The van der Waals surface area contributed by atoms with Crippen molar-refractivity contribution in [1.29, 1.82) is 0 Å². The number of carboxylic acids is 2. The highest BCUT2D eigenvalue weighted by molar-refractivity contribution is 5.95. The second-order valence-electron chi connectivity index (χ2n) is 7.57. The van der Waals surface area contributed by atoms with Crippen LogP contribution >= 0.6 is 0 Å². The molecule has 116 valence electrons. The van der Waals surface area contributed by atoms with Crippen LogP contribution in [0.2, 0.25) is 0 Å². The molecule has 0 radical (unpaired) electrons. The molecule has 4 aliphatic carbocycles. The first-order valence-electron chi connectivity index (χ1n) is 8.08. The van der Waals surface area contributed by atoms with E-state index < -0.39 is 11.9 Å². The maximum absolute atomic E-state index is 11.7. The van der Waals surface area contributed by atoms with Crippen molar-refractivity contribution >= 4 is 11.9 Å². The molecule has 4 saturated carbocycles. The smallest absolute Gasteiger partial charge is 0.336 e. The fraction of sp³-hybridized carbons (Fsp3) is 0.556. The molecule has 0 saturated heterocycles. The normalized spacial score (nSPS) is 35.5. The van der Waals surface area contributed by atoms with Gasteiger partial charge in [-0.3, -0.25) is 0 Å². The van der Waals surface area contributed by atoms with Crippen molar-refractivity contribution in [2.45, 2.75) is 43.9 Å². The average molecular weight is 300 g/mol. The highest BCUT2D eigenvalue weighted by atomic mass is 16.4. The molecule has 1 aromatic rings. The predicted molar refractivity (Wildman–Crippen MR) is 80.2 cm³/mol. The van der Waals surface area contributed by atoms with Crippen molar-refractivity contribution in [2.24, 2.45) is 17.8 Å². The zero-order chi connectivity index (χ0) is 15.5. The molecule has 4 fully saturated rings. The molecule has 0 amide bonds. The van der Waals surface area contributed by atoms with Gasteiger partial charge in [0, 0.05) is 0 Å². The average Bonchev–Trinajstić information content (AvgIpc) is 2.45. The molecule has 4 bridgehead atoms. The van der Waals surface area contributed by atoms with Crippen LogP contribution in [0.3, 0.4) is 0 Å². The molecule has 0 spiro atoms. The van der Waals surface area contributed by atoms with Crippen LogP contribution in [0.5, 0.6) is 0 Å². The van der Waals surface area contributed by atoms with Gasteiger partial charge in [0.2, 0.25) is 0 Å². The molecule has 0 aromatic heterocycles. The van der Waals surface area contributed by atoms with E-state index in [1.54, 1.807) is 12.1 Å². The van der Waals surface area contributed by atoms with Crippen molar-refractivity contribution in [2.75, 3.05) is 0 Å². The summed E-state index contributed by atoms with van der Waals surface area (Å²) in [6, 6.07) is 4.70. The minimum Gasteiger partial charge on any atom is -0.478 e. The van der Waals surface area contributed by atoms with Crippen molar-refractivity contribution in [3.8, 4) is 0 Å². The quantitative estimate of drug-likeness (QED) is 0.895. The molecular weight excluding hydrogens is 280 g/mol. The summed E-state index contributed by atoms with van der Waals surface area (Å²) < 4.78 is 0. The summed E-state index contributed by atoms with van der Waals surface area (Å²) >= 11 is 0. The van der Waals surface area contributed by atoms with Gasteiger partial charge >= 0.3 is 11.9 Å². The Balaban J connectivity index is 1.82. The molecule has 5 rings (SSSR count). The number of hydrogen-bond donors (Lipinski definition) is 2. The second kappa shape index (κ2) is 4.58. The molecule has 4 aliphatic rings. The summed E-state index contributed by atoms with van der Waals surface area (Å²) in [6.07, 6.45) is 7.13. The lowest BCUT2D eigenvalue weighted by atomic mass is 9.47. The Kier molecular flexibility index (Phi) is 2.87. The number of carbonyl (C=O) groups is 2. The van der Waals surface area contributed by atoms with Crippen LogP contribution in [-0.2, 0) is 5.41 Å². The summed E-state index contributed by atoms with van der Waals surface area (Å²) in [7, 11) is 0. The Morgan fingerprint density at radius 2 is 1.45 bits per heavy atom. The molecule has 22 heavy (non-hydrogen) atoms. The monoisotopic (exact) mass is 300 g/mol. The third-order valence-electron chi connectivity index (χ3n) is 6.11. The Morgan fingerprint density at radius 1 is 0.909 bits per heavy atom. The molecule has 2 N–H and O–H groups in total. The third-order valence-corrected chi connectivity index (χ3v) is 6.11. The third kappa shape index (κ3) is 1.97. The van der Waals surface area contributed by atoms with Crippen molar-refractivity contribution in [1.82, 2.24) is 0 Å². The number of rotatable bonds is 3. The maximum atomic E-state index is 11.7. The summed E-state index contributed by atoms with van der Waals surface area (Å²) in [6.45, 7) is 0. The van der Waals surface area contributed by atoms with Crippen molar-refractivity contribution in [3.63, 3.8) is 0 Å². The van der Waals surface area contributed by atoms with Gasteiger partial charge in [0.15, 0.2) is 0 Å². The van der Waals surface area contributed by atoms with Crippen LogP contribution < -0.4 is 0 Å². The summed E-state index contributed by atoms with van der Waals surface area (Å²) in [5, 5.41) is 18.7. The van der Waals surface area contributed by atoms with E-state index in [0.717, 1.165) is 42.6 Å². The summed E-state index contributed by atoms with van der Waals surface area (Å²) in [5.41, 5.74) is 1.11. The van der Waals surface area contributed by atoms with E-state index in [2.05, 4.69) is 0 Å². The molecule has 1 aromatic carbocycles. The van der Waals surface area contributed by atoms with Crippen LogP contribution in [0.1, 0.15) is 64.8 Å². The summed E-state index contributed by atoms with van der Waals surface area (Å²) in [5.74, 6) is 0.111. The van der Waals surface area contributed by atoms with Gasteiger partial charge in [0.25, 0.3) is 0 Å². The Morgan fingerprint density at radius 3 is 1.91 bits per heavy atom. The molecule has 0 atom stereocenters. The van der Waals surface area contributed by atoms with Crippen LogP contribution in [0, 0.1) is 17.8 Å².